The Hall–Kier alpha value is -3.70. The molecule has 1 unspecified atom stereocenters. The van der Waals surface area contributed by atoms with Crippen LogP contribution in [0.3, 0.4) is 0 Å². The number of hydrogen-bond donors (Lipinski definition) is 1. The number of carbonyl (C=O) groups is 3. The molecule has 0 spiro atoms. The lowest BCUT2D eigenvalue weighted by molar-refractivity contribution is -0.134. The molecule has 204 valence electrons. The Morgan fingerprint density at radius 3 is 2.54 bits per heavy atom. The Morgan fingerprint density at radius 2 is 1.77 bits per heavy atom. The van der Waals surface area contributed by atoms with Crippen molar-refractivity contribution in [1.82, 2.24) is 15.1 Å². The largest absolute Gasteiger partial charge is 0.385 e. The zero-order valence-corrected chi connectivity index (χ0v) is 22.7. The molecule has 3 amide bonds. The molecule has 0 aliphatic carbocycles. The number of rotatable bonds is 9. The number of nitrogens with zero attached hydrogens (tertiary/aromatic N) is 5. The van der Waals surface area contributed by atoms with Crippen molar-refractivity contribution in [1.29, 1.82) is 0 Å². The molecule has 5 rings (SSSR count). The topological polar surface area (TPSA) is 107 Å². The van der Waals surface area contributed by atoms with E-state index in [0.717, 1.165) is 30.8 Å². The minimum atomic E-state index is -0.788. The van der Waals surface area contributed by atoms with Crippen LogP contribution >= 0.6 is 11.8 Å². The van der Waals surface area contributed by atoms with Gasteiger partial charge in [-0.15, -0.1) is 0 Å². The Labute approximate surface area is 232 Å². The molecule has 10 nitrogen and oxygen atoms in total. The third-order valence-corrected chi connectivity index (χ3v) is 7.86. The molecule has 11 heteroatoms. The second-order valence-electron chi connectivity index (χ2n) is 9.46. The molecule has 1 N–H and O–H groups in total. The number of carbonyl (C=O) groups excluding carboxylic acids is 3. The molecule has 0 radical (unpaired) electrons. The summed E-state index contributed by atoms with van der Waals surface area (Å²) in [5, 5.41) is 3.37. The van der Waals surface area contributed by atoms with E-state index in [0.29, 0.717) is 42.9 Å². The lowest BCUT2D eigenvalue weighted by atomic mass is 10.1. The molecule has 1 atom stereocenters. The summed E-state index contributed by atoms with van der Waals surface area (Å²) >= 11 is 1.24. The van der Waals surface area contributed by atoms with Gasteiger partial charge in [0.25, 0.3) is 5.91 Å². The molecule has 1 fully saturated rings. The van der Waals surface area contributed by atoms with E-state index in [1.54, 1.807) is 12.0 Å². The maximum absolute atomic E-state index is 13.4. The minimum Gasteiger partial charge on any atom is -0.385 e. The lowest BCUT2D eigenvalue weighted by Crippen LogP contribution is -2.51. The number of benzene rings is 2. The molecular weight excluding hydrogens is 516 g/mol. The molecular formula is C28H32N6O4S. The number of para-hydroxylation sites is 2. The highest BCUT2D eigenvalue weighted by atomic mass is 32.2. The standard InChI is InChI=1S/C28H32N6O4S/c1-38-17-7-12-29-24(35)19-39-28-30-22-11-6-5-10-21(22)26-31-27(37)23(34(26)28)18-25(36)33-15-13-32(14-16-33)20-8-3-2-4-9-20/h2-6,8-11,23H,7,12-19H2,1H3,(H,29,35). The van der Waals surface area contributed by atoms with Gasteiger partial charge in [-0.1, -0.05) is 42.1 Å². The highest BCUT2D eigenvalue weighted by molar-refractivity contribution is 8.14. The normalized spacial score (nSPS) is 18.3. The van der Waals surface area contributed by atoms with Crippen molar-refractivity contribution < 1.29 is 19.1 Å². The average Bonchev–Trinajstić information content (AvgIpc) is 3.30. The zero-order valence-electron chi connectivity index (χ0n) is 21.9. The number of amides is 3. The number of hydrogen-bond acceptors (Lipinski definition) is 8. The number of methoxy groups -OCH3 is 1. The monoisotopic (exact) mass is 548 g/mol. The summed E-state index contributed by atoms with van der Waals surface area (Å²) in [6, 6.07) is 16.8. The van der Waals surface area contributed by atoms with Gasteiger partial charge in [-0.2, -0.15) is 4.99 Å². The van der Waals surface area contributed by atoms with Crippen LogP contribution in [-0.2, 0) is 19.1 Å². The van der Waals surface area contributed by atoms with E-state index in [1.165, 1.54) is 11.8 Å². The first-order valence-corrected chi connectivity index (χ1v) is 14.1. The summed E-state index contributed by atoms with van der Waals surface area (Å²) in [4.78, 5) is 53.9. The first kappa shape index (κ1) is 26.9. The molecule has 3 aliphatic rings. The quantitative estimate of drug-likeness (QED) is 0.479. The number of amidine groups is 2. The van der Waals surface area contributed by atoms with Crippen LogP contribution in [0, 0.1) is 0 Å². The predicted molar refractivity (Wildman–Crippen MR) is 153 cm³/mol. The van der Waals surface area contributed by atoms with Crippen LogP contribution in [-0.4, -0.2) is 96.8 Å². The van der Waals surface area contributed by atoms with Crippen molar-refractivity contribution in [2.24, 2.45) is 9.98 Å². The van der Waals surface area contributed by atoms with Gasteiger partial charge in [0.15, 0.2) is 5.17 Å². The van der Waals surface area contributed by atoms with E-state index in [4.69, 9.17) is 9.73 Å². The number of piperazine rings is 1. The third kappa shape index (κ3) is 6.15. The van der Waals surface area contributed by atoms with Crippen molar-refractivity contribution in [3.63, 3.8) is 0 Å². The SMILES string of the molecule is COCCCNC(=O)CSC1=Nc2ccccc2C2=NC(=O)C(CC(=O)N3CCN(c4ccccc4)CC3)N12. The number of nitrogens with one attached hydrogen (secondary N) is 1. The van der Waals surface area contributed by atoms with Crippen LogP contribution in [0.15, 0.2) is 64.6 Å². The van der Waals surface area contributed by atoms with E-state index in [2.05, 4.69) is 27.3 Å². The van der Waals surface area contributed by atoms with Crippen LogP contribution in [0.5, 0.6) is 0 Å². The van der Waals surface area contributed by atoms with Crippen molar-refractivity contribution in [3.05, 3.63) is 60.2 Å². The number of thioether (sulfide) groups is 1. The van der Waals surface area contributed by atoms with Crippen LogP contribution in [0.4, 0.5) is 11.4 Å². The van der Waals surface area contributed by atoms with Crippen molar-refractivity contribution >= 4 is 51.9 Å². The van der Waals surface area contributed by atoms with Crippen LogP contribution in [0.25, 0.3) is 0 Å². The van der Waals surface area contributed by atoms with Gasteiger partial charge in [0.05, 0.1) is 17.9 Å². The van der Waals surface area contributed by atoms with Crippen LogP contribution in [0.1, 0.15) is 18.4 Å². The van der Waals surface area contributed by atoms with Gasteiger partial charge < -0.3 is 19.9 Å². The van der Waals surface area contributed by atoms with E-state index < -0.39 is 6.04 Å². The summed E-state index contributed by atoms with van der Waals surface area (Å²) in [7, 11) is 1.62. The summed E-state index contributed by atoms with van der Waals surface area (Å²) < 4.78 is 5.02. The molecule has 39 heavy (non-hydrogen) atoms. The van der Waals surface area contributed by atoms with Gasteiger partial charge >= 0.3 is 0 Å². The first-order valence-electron chi connectivity index (χ1n) is 13.1. The van der Waals surface area contributed by atoms with Gasteiger partial charge in [0.2, 0.25) is 11.8 Å². The summed E-state index contributed by atoms with van der Waals surface area (Å²) in [6.07, 6.45) is 0.727. The van der Waals surface area contributed by atoms with Crippen molar-refractivity contribution in [2.75, 3.05) is 57.1 Å². The zero-order chi connectivity index (χ0) is 27.2. The summed E-state index contributed by atoms with van der Waals surface area (Å²) in [5.41, 5.74) is 2.57. The molecule has 1 saturated heterocycles. The lowest BCUT2D eigenvalue weighted by Gasteiger charge is -2.37. The smallest absolute Gasteiger partial charge is 0.271 e. The Kier molecular flexibility index (Phi) is 8.58. The van der Waals surface area contributed by atoms with Crippen LogP contribution < -0.4 is 10.2 Å². The number of aliphatic imine (C=N–C) groups is 2. The minimum absolute atomic E-state index is 0.00211. The summed E-state index contributed by atoms with van der Waals surface area (Å²) in [6.45, 7) is 3.73. The third-order valence-electron chi connectivity index (χ3n) is 6.91. The molecule has 3 aliphatic heterocycles. The molecule has 2 aromatic carbocycles. The second-order valence-corrected chi connectivity index (χ2v) is 10.4. The summed E-state index contributed by atoms with van der Waals surface area (Å²) in [5.74, 6) is 0.0337. The first-order chi connectivity index (χ1) is 19.0. The molecule has 0 aromatic heterocycles. The second kappa shape index (κ2) is 12.4. The average molecular weight is 549 g/mol. The molecule has 0 saturated carbocycles. The van der Waals surface area contributed by atoms with Gasteiger partial charge in [0.1, 0.15) is 11.9 Å². The van der Waals surface area contributed by atoms with Gasteiger partial charge in [-0.05, 0) is 30.7 Å². The predicted octanol–water partition coefficient (Wildman–Crippen LogP) is 2.27. The van der Waals surface area contributed by atoms with E-state index in [-0.39, 0.29) is 29.9 Å². The molecule has 3 heterocycles. The molecule has 2 aromatic rings. The fourth-order valence-electron chi connectivity index (χ4n) is 4.88. The number of anilines is 1. The highest BCUT2D eigenvalue weighted by Gasteiger charge is 2.43. The maximum Gasteiger partial charge on any atom is 0.271 e. The van der Waals surface area contributed by atoms with Crippen molar-refractivity contribution in [2.45, 2.75) is 18.9 Å². The fraction of sp³-hybridized carbons (Fsp3) is 0.393. The Bertz CT molecular complexity index is 1280. The number of ether oxygens (including phenoxy) is 1. The van der Waals surface area contributed by atoms with Crippen LogP contribution in [0.2, 0.25) is 0 Å². The Balaban J connectivity index is 1.26. The van der Waals surface area contributed by atoms with E-state index in [9.17, 15) is 14.4 Å². The Morgan fingerprint density at radius 1 is 1.03 bits per heavy atom. The van der Waals surface area contributed by atoms with Gasteiger partial charge in [-0.3, -0.25) is 19.3 Å². The number of fused-ring (bicyclic) bond motifs is 3. The van der Waals surface area contributed by atoms with Gasteiger partial charge in [0, 0.05) is 57.7 Å². The molecule has 0 bridgehead atoms. The maximum atomic E-state index is 13.4. The highest BCUT2D eigenvalue weighted by Crippen LogP contribution is 2.35. The van der Waals surface area contributed by atoms with E-state index >= 15 is 0 Å². The fourth-order valence-corrected chi connectivity index (χ4v) is 5.75. The van der Waals surface area contributed by atoms with E-state index in [1.807, 2.05) is 47.4 Å². The van der Waals surface area contributed by atoms with Crippen molar-refractivity contribution in [3.8, 4) is 0 Å². The van der Waals surface area contributed by atoms with Gasteiger partial charge in [-0.25, -0.2) is 4.99 Å².